The van der Waals surface area contributed by atoms with Crippen LogP contribution < -0.4 is 49.2 Å². The molecule has 3 aromatic rings. The smallest absolute Gasteiger partial charge is 0.344 e. The summed E-state index contributed by atoms with van der Waals surface area (Å²) in [5, 5.41) is 18.0. The van der Waals surface area contributed by atoms with Gasteiger partial charge in [0.05, 0.1) is 0 Å². The number of hydrogen-bond acceptors (Lipinski definition) is 9. The van der Waals surface area contributed by atoms with E-state index in [1.807, 2.05) is 30.3 Å². The number of hydrogen-bond donors (Lipinski definition) is 10. The molecule has 1 heterocycles. The number of aromatic amines is 1. The fourth-order valence-corrected chi connectivity index (χ4v) is 6.10. The van der Waals surface area contributed by atoms with Gasteiger partial charge < -0.3 is 48.4 Å². The van der Waals surface area contributed by atoms with Crippen LogP contribution in [-0.2, 0) is 36.8 Å². The minimum Gasteiger partial charge on any atom is -0.368 e. The molecule has 308 valence electrons. The maximum atomic E-state index is 14.0. The average molecular weight is 788 g/mol. The minimum absolute atomic E-state index is 0.0499. The Morgan fingerprint density at radius 3 is 2.02 bits per heavy atom. The number of H-pyrrole nitrogens is 1. The van der Waals surface area contributed by atoms with Crippen LogP contribution in [0.5, 0.6) is 0 Å². The SMILES string of the molecule is CC#CN(N)C(=O)N[C@H](Cc1c[nH]c2ccccc12)C(=O)N[C@@H](C)C(=O)N[C@@H](CCCCNC)C(=O)N[C@H](Cc1ccccc1)C(=O)N[C@@H](CCCCN)C(N)=O. The summed E-state index contributed by atoms with van der Waals surface area (Å²) >= 11 is 0. The number of benzene rings is 2. The monoisotopic (exact) mass is 787 g/mol. The minimum atomic E-state index is -1.17. The van der Waals surface area contributed by atoms with E-state index in [0.717, 1.165) is 22.0 Å². The van der Waals surface area contributed by atoms with Crippen molar-refractivity contribution in [1.82, 2.24) is 41.9 Å². The van der Waals surface area contributed by atoms with Gasteiger partial charge in [-0.1, -0.05) is 54.5 Å². The molecule has 1 aromatic heterocycles. The molecule has 0 saturated heterocycles. The topological polar surface area (TPSA) is 272 Å². The second-order valence-corrected chi connectivity index (χ2v) is 13.7. The van der Waals surface area contributed by atoms with Crippen molar-refractivity contribution < 1.29 is 28.8 Å². The fourth-order valence-electron chi connectivity index (χ4n) is 6.10. The molecule has 5 atom stereocenters. The molecule has 2 aromatic carbocycles. The zero-order valence-corrected chi connectivity index (χ0v) is 32.9. The van der Waals surface area contributed by atoms with Gasteiger partial charge in [-0.2, -0.15) is 5.01 Å². The summed E-state index contributed by atoms with van der Waals surface area (Å²) in [7, 11) is 1.80. The number of urea groups is 1. The zero-order chi connectivity index (χ0) is 41.7. The Labute approximate surface area is 333 Å². The highest BCUT2D eigenvalue weighted by Crippen LogP contribution is 2.19. The summed E-state index contributed by atoms with van der Waals surface area (Å²) in [5.41, 5.74) is 13.5. The van der Waals surface area contributed by atoms with Crippen molar-refractivity contribution >= 4 is 46.5 Å². The van der Waals surface area contributed by atoms with Gasteiger partial charge in [0.25, 0.3) is 0 Å². The summed E-state index contributed by atoms with van der Waals surface area (Å²) in [5.74, 6) is 4.94. The lowest BCUT2D eigenvalue weighted by Crippen LogP contribution is -2.59. The molecule has 0 spiro atoms. The lowest BCUT2D eigenvalue weighted by molar-refractivity contribution is -0.134. The van der Waals surface area contributed by atoms with E-state index in [1.54, 1.807) is 37.5 Å². The summed E-state index contributed by atoms with van der Waals surface area (Å²) in [4.78, 5) is 83.2. The lowest BCUT2D eigenvalue weighted by Gasteiger charge is -2.26. The molecule has 7 amide bonds. The zero-order valence-electron chi connectivity index (χ0n) is 32.9. The van der Waals surface area contributed by atoms with Gasteiger partial charge in [0.2, 0.25) is 29.5 Å². The van der Waals surface area contributed by atoms with Gasteiger partial charge in [0.15, 0.2) is 0 Å². The normalized spacial score (nSPS) is 13.4. The molecule has 0 aliphatic heterocycles. The third-order valence-electron chi connectivity index (χ3n) is 9.24. The second-order valence-electron chi connectivity index (χ2n) is 13.7. The molecule has 57 heavy (non-hydrogen) atoms. The van der Waals surface area contributed by atoms with Crippen LogP contribution in [-0.4, -0.2) is 95.9 Å². The number of primary amides is 1. The lowest BCUT2D eigenvalue weighted by atomic mass is 10.0. The number of nitrogens with one attached hydrogen (secondary N) is 7. The first-order valence-electron chi connectivity index (χ1n) is 19.1. The molecule has 0 unspecified atom stereocenters. The van der Waals surface area contributed by atoms with E-state index in [0.29, 0.717) is 43.8 Å². The van der Waals surface area contributed by atoms with Crippen LogP contribution in [0.4, 0.5) is 4.79 Å². The van der Waals surface area contributed by atoms with Gasteiger partial charge in [-0.25, -0.2) is 10.6 Å². The number of nitrogens with zero attached hydrogens (tertiary/aromatic N) is 1. The van der Waals surface area contributed by atoms with Crippen LogP contribution >= 0.6 is 0 Å². The third-order valence-corrected chi connectivity index (χ3v) is 9.24. The van der Waals surface area contributed by atoms with Gasteiger partial charge in [-0.15, -0.1) is 0 Å². The maximum Gasteiger partial charge on any atom is 0.344 e. The molecule has 17 heteroatoms. The molecular weight excluding hydrogens is 731 g/mol. The molecule has 3 rings (SSSR count). The van der Waals surface area contributed by atoms with Crippen LogP contribution in [0.25, 0.3) is 10.9 Å². The molecule has 0 radical (unpaired) electrons. The van der Waals surface area contributed by atoms with E-state index in [2.05, 4.69) is 48.8 Å². The molecule has 0 saturated carbocycles. The van der Waals surface area contributed by atoms with Crippen LogP contribution in [0.1, 0.15) is 63.5 Å². The number of para-hydroxylation sites is 1. The van der Waals surface area contributed by atoms with Crippen molar-refractivity contribution in [1.29, 1.82) is 0 Å². The van der Waals surface area contributed by atoms with E-state index < -0.39 is 65.8 Å². The van der Waals surface area contributed by atoms with Crippen molar-refractivity contribution in [2.45, 2.75) is 95.4 Å². The van der Waals surface area contributed by atoms with Crippen molar-refractivity contribution in [3.63, 3.8) is 0 Å². The van der Waals surface area contributed by atoms with E-state index in [9.17, 15) is 28.8 Å². The predicted molar refractivity (Wildman–Crippen MR) is 217 cm³/mol. The fraction of sp³-hybridized carbons (Fsp3) is 0.450. The van der Waals surface area contributed by atoms with Crippen molar-refractivity contribution in [2.75, 3.05) is 20.1 Å². The largest absolute Gasteiger partial charge is 0.368 e. The molecule has 0 aliphatic rings. The predicted octanol–water partition coefficient (Wildman–Crippen LogP) is 0.151. The third kappa shape index (κ3) is 14.9. The molecule has 0 aliphatic carbocycles. The number of carbonyl (C=O) groups excluding carboxylic acids is 6. The van der Waals surface area contributed by atoms with Crippen LogP contribution in [0, 0.1) is 12.0 Å². The van der Waals surface area contributed by atoms with E-state index >= 15 is 0 Å². The first-order chi connectivity index (χ1) is 27.4. The van der Waals surface area contributed by atoms with Crippen molar-refractivity contribution in [2.24, 2.45) is 17.3 Å². The quantitative estimate of drug-likeness (QED) is 0.0156. The van der Waals surface area contributed by atoms with Gasteiger partial charge >= 0.3 is 6.03 Å². The molecule has 0 fully saturated rings. The second kappa shape index (κ2) is 23.8. The average Bonchev–Trinajstić information content (AvgIpc) is 3.60. The molecule has 17 nitrogen and oxygen atoms in total. The molecule has 13 N–H and O–H groups in total. The van der Waals surface area contributed by atoms with E-state index in [4.69, 9.17) is 17.3 Å². The Kier molecular flexibility index (Phi) is 19.0. The number of amides is 7. The Morgan fingerprint density at radius 1 is 0.737 bits per heavy atom. The number of carbonyl (C=O) groups is 6. The number of fused-ring (bicyclic) bond motifs is 1. The number of nitrogens with two attached hydrogens (primary N) is 3. The van der Waals surface area contributed by atoms with Gasteiger partial charge in [0, 0.05) is 36.0 Å². The van der Waals surface area contributed by atoms with Gasteiger partial charge in [0.1, 0.15) is 30.2 Å². The highest BCUT2D eigenvalue weighted by molar-refractivity contribution is 5.96. The Balaban J connectivity index is 1.80. The number of rotatable bonds is 23. The standard InChI is InChI=1S/C40H57N11O6/c1-4-22-51(43)40(57)50-34(24-28-25-45-30-17-9-8-16-29(28)30)38(55)46-26(2)36(53)48-32(19-11-13-21-44-3)37(54)49-33(23-27-14-6-5-7-15-27)39(56)47-31(35(42)52)18-10-12-20-41/h5-9,14-17,25-26,31-34,44-45H,10-13,18-21,23-24,41,43H2,1-3H3,(H2,42,52)(H,46,55)(H,47,56)(H,48,53)(H,49,54)(H,50,57)/t26-,31-,32-,33+,34+/m0/s1. The van der Waals surface area contributed by atoms with Crippen molar-refractivity contribution in [3.8, 4) is 12.0 Å². The molecule has 0 bridgehead atoms. The maximum absolute atomic E-state index is 14.0. The molecular formula is C40H57N11O6. The summed E-state index contributed by atoms with van der Waals surface area (Å²) in [6.45, 7) is 4.03. The van der Waals surface area contributed by atoms with Gasteiger partial charge in [-0.05, 0) is 89.7 Å². The first-order valence-corrected chi connectivity index (χ1v) is 19.1. The van der Waals surface area contributed by atoms with Crippen LogP contribution in [0.2, 0.25) is 0 Å². The van der Waals surface area contributed by atoms with Crippen LogP contribution in [0.3, 0.4) is 0 Å². The highest BCUT2D eigenvalue weighted by Gasteiger charge is 2.32. The van der Waals surface area contributed by atoms with E-state index in [1.165, 1.54) is 13.8 Å². The number of hydrazine groups is 1. The summed E-state index contributed by atoms with van der Waals surface area (Å²) in [6.07, 6.45) is 4.79. The summed E-state index contributed by atoms with van der Waals surface area (Å²) in [6, 6.07) is 12.5. The van der Waals surface area contributed by atoms with E-state index in [-0.39, 0.29) is 25.7 Å². The van der Waals surface area contributed by atoms with Crippen LogP contribution in [0.15, 0.2) is 60.8 Å². The number of aromatic nitrogens is 1. The Hall–Kier alpha value is -5.96. The van der Waals surface area contributed by atoms with Crippen molar-refractivity contribution in [3.05, 3.63) is 71.9 Å². The Bertz CT molecular complexity index is 1860. The Morgan fingerprint density at radius 2 is 1.33 bits per heavy atom. The van der Waals surface area contributed by atoms with Gasteiger partial charge in [-0.3, -0.25) is 24.0 Å². The summed E-state index contributed by atoms with van der Waals surface area (Å²) < 4.78 is 0. The first kappa shape index (κ1) is 45.4. The number of unbranched alkanes of at least 4 members (excludes halogenated alkanes) is 2. The highest BCUT2D eigenvalue weighted by atomic mass is 16.2.